The highest BCUT2D eigenvalue weighted by Crippen LogP contribution is 2.17. The second kappa shape index (κ2) is 4.97. The predicted molar refractivity (Wildman–Crippen MR) is 76.2 cm³/mol. The molecule has 1 heterocycles. The number of aromatic carboxylic acids is 1. The number of H-pyrrole nitrogens is 1. The summed E-state index contributed by atoms with van der Waals surface area (Å²) in [5.41, 5.74) is 1.20. The first-order chi connectivity index (χ1) is 9.74. The number of fused-ring (bicyclic) bond motifs is 1. The van der Waals surface area contributed by atoms with Gasteiger partial charge in [-0.3, -0.25) is 0 Å². The van der Waals surface area contributed by atoms with E-state index in [1.807, 2.05) is 48.5 Å². The molecule has 0 amide bonds. The van der Waals surface area contributed by atoms with Crippen molar-refractivity contribution >= 4 is 28.9 Å². The van der Waals surface area contributed by atoms with Gasteiger partial charge in [0, 0.05) is 0 Å². The number of carboxylic acids is 1. The van der Waals surface area contributed by atoms with Gasteiger partial charge in [0.2, 0.25) is 0 Å². The number of hydrogen-bond acceptors (Lipinski definition) is 3. The lowest BCUT2D eigenvalue weighted by atomic mass is 10.1. The Hall–Kier alpha value is -2.95. The minimum Gasteiger partial charge on any atom is -0.476 e. The van der Waals surface area contributed by atoms with Gasteiger partial charge in [-0.25, -0.2) is 4.79 Å². The number of aromatic amines is 1. The van der Waals surface area contributed by atoms with Crippen LogP contribution in [0, 0.1) is 0 Å². The zero-order valence-corrected chi connectivity index (χ0v) is 10.4. The summed E-state index contributed by atoms with van der Waals surface area (Å²) in [5, 5.41) is 20.9. The molecule has 0 aliphatic carbocycles. The Bertz CT molecular complexity index is 805. The highest BCUT2D eigenvalue weighted by atomic mass is 16.4. The minimum atomic E-state index is -1.10. The van der Waals surface area contributed by atoms with Crippen LogP contribution in [0.4, 0.5) is 0 Å². The van der Waals surface area contributed by atoms with Crippen molar-refractivity contribution in [3.8, 4) is 0 Å². The van der Waals surface area contributed by atoms with E-state index in [0.717, 1.165) is 16.3 Å². The van der Waals surface area contributed by atoms with Crippen LogP contribution in [0.15, 0.2) is 42.5 Å². The van der Waals surface area contributed by atoms with Crippen LogP contribution in [0.25, 0.3) is 22.9 Å². The third-order valence-corrected chi connectivity index (χ3v) is 2.98. The predicted octanol–water partition coefficient (Wildman–Crippen LogP) is 2.83. The summed E-state index contributed by atoms with van der Waals surface area (Å²) >= 11 is 0. The molecule has 0 spiro atoms. The van der Waals surface area contributed by atoms with Gasteiger partial charge < -0.3 is 5.11 Å². The molecule has 98 valence electrons. The second-order valence-corrected chi connectivity index (χ2v) is 4.30. The Balaban J connectivity index is 1.94. The van der Waals surface area contributed by atoms with Crippen molar-refractivity contribution in [2.24, 2.45) is 0 Å². The zero-order valence-electron chi connectivity index (χ0n) is 10.4. The molecule has 1 aromatic heterocycles. The second-order valence-electron chi connectivity index (χ2n) is 4.30. The molecule has 0 saturated carbocycles. The van der Waals surface area contributed by atoms with Crippen LogP contribution in [0.5, 0.6) is 0 Å². The van der Waals surface area contributed by atoms with Gasteiger partial charge in [-0.2, -0.15) is 10.3 Å². The van der Waals surface area contributed by atoms with Gasteiger partial charge in [0.05, 0.1) is 0 Å². The van der Waals surface area contributed by atoms with Crippen molar-refractivity contribution in [2.45, 2.75) is 0 Å². The number of benzene rings is 2. The number of carbonyl (C=O) groups is 1. The van der Waals surface area contributed by atoms with Crippen molar-refractivity contribution in [3.05, 3.63) is 59.4 Å². The highest BCUT2D eigenvalue weighted by Gasteiger charge is 2.12. The van der Waals surface area contributed by atoms with E-state index in [2.05, 4.69) is 15.4 Å². The monoisotopic (exact) mass is 265 g/mol. The molecule has 2 aromatic carbocycles. The number of carboxylic acid groups (broad SMARTS) is 1. The fourth-order valence-corrected chi connectivity index (χ4v) is 2.00. The molecule has 0 fully saturated rings. The average Bonchev–Trinajstić information content (AvgIpc) is 2.93. The van der Waals surface area contributed by atoms with Crippen LogP contribution in [-0.2, 0) is 0 Å². The number of nitrogens with zero attached hydrogens (tertiary/aromatic N) is 2. The van der Waals surface area contributed by atoms with Crippen LogP contribution in [0.1, 0.15) is 21.7 Å². The molecule has 5 heteroatoms. The molecule has 0 unspecified atom stereocenters. The van der Waals surface area contributed by atoms with Crippen LogP contribution in [-0.4, -0.2) is 26.5 Å². The van der Waals surface area contributed by atoms with E-state index >= 15 is 0 Å². The number of rotatable bonds is 3. The first-order valence-corrected chi connectivity index (χ1v) is 6.05. The van der Waals surface area contributed by atoms with E-state index in [0.29, 0.717) is 5.69 Å². The Morgan fingerprint density at radius 1 is 1.05 bits per heavy atom. The molecule has 3 aromatic rings. The SMILES string of the molecule is O=C(O)c1n[nH]nc1/C=C/c1ccc2ccccc2c1. The van der Waals surface area contributed by atoms with E-state index < -0.39 is 5.97 Å². The van der Waals surface area contributed by atoms with Gasteiger partial charge in [0.1, 0.15) is 5.69 Å². The first kappa shape index (κ1) is 12.1. The molecule has 3 rings (SSSR count). The van der Waals surface area contributed by atoms with Crippen molar-refractivity contribution in [1.29, 1.82) is 0 Å². The Morgan fingerprint density at radius 3 is 2.65 bits per heavy atom. The number of hydrogen-bond donors (Lipinski definition) is 2. The van der Waals surface area contributed by atoms with Crippen molar-refractivity contribution < 1.29 is 9.90 Å². The molecule has 0 bridgehead atoms. The summed E-state index contributed by atoms with van der Waals surface area (Å²) in [6.07, 6.45) is 3.45. The maximum Gasteiger partial charge on any atom is 0.358 e. The molecule has 2 N–H and O–H groups in total. The third kappa shape index (κ3) is 2.29. The summed E-state index contributed by atoms with van der Waals surface area (Å²) in [4.78, 5) is 10.9. The topological polar surface area (TPSA) is 78.9 Å². The summed E-state index contributed by atoms with van der Waals surface area (Å²) in [6.45, 7) is 0. The first-order valence-electron chi connectivity index (χ1n) is 6.05. The Kier molecular flexibility index (Phi) is 3.01. The zero-order chi connectivity index (χ0) is 13.9. The van der Waals surface area contributed by atoms with E-state index in [-0.39, 0.29) is 5.69 Å². The largest absolute Gasteiger partial charge is 0.476 e. The quantitative estimate of drug-likeness (QED) is 0.763. The van der Waals surface area contributed by atoms with E-state index in [9.17, 15) is 4.79 Å². The molecule has 5 nitrogen and oxygen atoms in total. The van der Waals surface area contributed by atoms with Gasteiger partial charge in [0.25, 0.3) is 0 Å². The molecule has 20 heavy (non-hydrogen) atoms. The van der Waals surface area contributed by atoms with Gasteiger partial charge in [-0.1, -0.05) is 42.5 Å². The molecule has 0 aliphatic rings. The fourth-order valence-electron chi connectivity index (χ4n) is 2.00. The van der Waals surface area contributed by atoms with E-state index in [4.69, 9.17) is 5.11 Å². The number of aromatic nitrogens is 3. The van der Waals surface area contributed by atoms with Gasteiger partial charge in [-0.15, -0.1) is 5.10 Å². The molecule has 0 saturated heterocycles. The molecule has 0 atom stereocenters. The fraction of sp³-hybridized carbons (Fsp3) is 0. The lowest BCUT2D eigenvalue weighted by molar-refractivity contribution is 0.0690. The van der Waals surface area contributed by atoms with Crippen molar-refractivity contribution in [1.82, 2.24) is 15.4 Å². The lowest BCUT2D eigenvalue weighted by Gasteiger charge is -1.98. The molecule has 0 radical (unpaired) electrons. The van der Waals surface area contributed by atoms with Gasteiger partial charge in [-0.05, 0) is 28.5 Å². The number of nitrogens with one attached hydrogen (secondary N) is 1. The van der Waals surface area contributed by atoms with Crippen LogP contribution in [0.2, 0.25) is 0 Å². The molecular formula is C15H11N3O2. The standard InChI is InChI=1S/C15H11N3O2/c19-15(20)14-13(16-18-17-14)8-6-10-5-7-11-3-1-2-4-12(11)9-10/h1-9H,(H,19,20)(H,16,17,18)/b8-6+. The summed E-state index contributed by atoms with van der Waals surface area (Å²) in [5.74, 6) is -1.10. The average molecular weight is 265 g/mol. The maximum absolute atomic E-state index is 10.9. The summed E-state index contributed by atoms with van der Waals surface area (Å²) < 4.78 is 0. The van der Waals surface area contributed by atoms with Crippen molar-refractivity contribution in [3.63, 3.8) is 0 Å². The van der Waals surface area contributed by atoms with Crippen LogP contribution >= 0.6 is 0 Å². The van der Waals surface area contributed by atoms with Gasteiger partial charge in [0.15, 0.2) is 5.69 Å². The Labute approximate surface area is 114 Å². The Morgan fingerprint density at radius 2 is 1.85 bits per heavy atom. The third-order valence-electron chi connectivity index (χ3n) is 2.98. The van der Waals surface area contributed by atoms with Crippen LogP contribution < -0.4 is 0 Å². The highest BCUT2D eigenvalue weighted by molar-refractivity contribution is 5.91. The van der Waals surface area contributed by atoms with Crippen molar-refractivity contribution in [2.75, 3.05) is 0 Å². The van der Waals surface area contributed by atoms with Crippen LogP contribution in [0.3, 0.4) is 0 Å². The molecular weight excluding hydrogens is 254 g/mol. The summed E-state index contributed by atoms with van der Waals surface area (Å²) in [7, 11) is 0. The lowest BCUT2D eigenvalue weighted by Crippen LogP contribution is -1.98. The van der Waals surface area contributed by atoms with Gasteiger partial charge >= 0.3 is 5.97 Å². The van der Waals surface area contributed by atoms with E-state index in [1.165, 1.54) is 0 Å². The molecule has 0 aliphatic heterocycles. The minimum absolute atomic E-state index is 0.0814. The maximum atomic E-state index is 10.9. The summed E-state index contributed by atoms with van der Waals surface area (Å²) in [6, 6.07) is 14.1. The smallest absolute Gasteiger partial charge is 0.358 e. The van der Waals surface area contributed by atoms with E-state index in [1.54, 1.807) is 6.08 Å². The normalized spacial score (nSPS) is 11.2.